The van der Waals surface area contributed by atoms with Gasteiger partial charge in [0.05, 0.1) is 10.2 Å². The molecule has 1 N–H and O–H groups in total. The Hall–Kier alpha value is -1.85. The molecule has 27 heavy (non-hydrogen) atoms. The quantitative estimate of drug-likeness (QED) is 0.452. The molecule has 0 bridgehead atoms. The van der Waals surface area contributed by atoms with Crippen LogP contribution in [0.25, 0.3) is 10.2 Å². The lowest BCUT2D eigenvalue weighted by atomic mass is 9.92. The Kier molecular flexibility index (Phi) is 6.55. The highest BCUT2D eigenvalue weighted by atomic mass is 32.2. The van der Waals surface area contributed by atoms with Gasteiger partial charge in [-0.2, -0.15) is 0 Å². The van der Waals surface area contributed by atoms with E-state index in [4.69, 9.17) is 0 Å². The van der Waals surface area contributed by atoms with Crippen LogP contribution in [0.4, 0.5) is 5.69 Å². The van der Waals surface area contributed by atoms with E-state index in [0.29, 0.717) is 18.3 Å². The summed E-state index contributed by atoms with van der Waals surface area (Å²) in [5.74, 6) is 1.54. The van der Waals surface area contributed by atoms with Crippen LogP contribution < -0.4 is 5.32 Å². The van der Waals surface area contributed by atoms with Crippen molar-refractivity contribution in [2.24, 2.45) is 0 Å². The van der Waals surface area contributed by atoms with Gasteiger partial charge in [-0.3, -0.25) is 4.79 Å². The Morgan fingerprint density at radius 1 is 1.04 bits per heavy atom. The van der Waals surface area contributed by atoms with Gasteiger partial charge in [0, 0.05) is 17.9 Å². The Morgan fingerprint density at radius 2 is 1.70 bits per heavy atom. The van der Waals surface area contributed by atoms with Gasteiger partial charge in [-0.05, 0) is 35.1 Å². The number of hydrogen-bond acceptors (Lipinski definition) is 4. The van der Waals surface area contributed by atoms with Crippen LogP contribution in [-0.4, -0.2) is 16.6 Å². The molecule has 0 aliphatic carbocycles. The van der Waals surface area contributed by atoms with Crippen molar-refractivity contribution in [3.8, 4) is 0 Å². The standard InChI is InChI=1S/C22H26N2OS2/c1-14(2)16-8-7-9-17(15(3)4)21(16)24-20(25)12-13-26-22-23-18-10-5-6-11-19(18)27-22/h5-11,14-15H,12-13H2,1-4H3,(H,24,25). The minimum absolute atomic E-state index is 0.0682. The third kappa shape index (κ3) is 4.90. The molecule has 1 amide bonds. The van der Waals surface area contributed by atoms with Crippen LogP contribution in [0.5, 0.6) is 0 Å². The third-order valence-corrected chi connectivity index (χ3v) is 6.65. The number of nitrogens with one attached hydrogen (secondary N) is 1. The molecule has 0 spiro atoms. The summed E-state index contributed by atoms with van der Waals surface area (Å²) in [6.45, 7) is 8.66. The summed E-state index contributed by atoms with van der Waals surface area (Å²) >= 11 is 3.34. The molecule has 0 saturated carbocycles. The lowest BCUT2D eigenvalue weighted by molar-refractivity contribution is -0.115. The predicted octanol–water partition coefficient (Wildman–Crippen LogP) is 6.66. The highest BCUT2D eigenvalue weighted by molar-refractivity contribution is 8.01. The van der Waals surface area contributed by atoms with Gasteiger partial charge in [0.2, 0.25) is 5.91 Å². The maximum absolute atomic E-state index is 12.6. The zero-order valence-electron chi connectivity index (χ0n) is 16.3. The molecule has 0 saturated heterocycles. The number of para-hydroxylation sites is 2. The molecule has 1 aromatic heterocycles. The summed E-state index contributed by atoms with van der Waals surface area (Å²) in [6, 6.07) is 14.5. The number of carbonyl (C=O) groups excluding carboxylic acids is 1. The average Bonchev–Trinajstić information content (AvgIpc) is 3.04. The molecule has 0 atom stereocenters. The molecule has 3 aromatic rings. The second-order valence-electron chi connectivity index (χ2n) is 7.22. The van der Waals surface area contributed by atoms with Gasteiger partial charge in [-0.1, -0.05) is 69.8 Å². The van der Waals surface area contributed by atoms with Gasteiger partial charge in [0.25, 0.3) is 0 Å². The van der Waals surface area contributed by atoms with E-state index in [0.717, 1.165) is 21.3 Å². The number of hydrogen-bond donors (Lipinski definition) is 1. The van der Waals surface area contributed by atoms with E-state index in [-0.39, 0.29) is 5.91 Å². The van der Waals surface area contributed by atoms with Gasteiger partial charge < -0.3 is 5.32 Å². The highest BCUT2D eigenvalue weighted by Gasteiger charge is 2.16. The summed E-state index contributed by atoms with van der Waals surface area (Å²) < 4.78 is 2.21. The molecule has 2 aromatic carbocycles. The Morgan fingerprint density at radius 3 is 2.33 bits per heavy atom. The number of benzene rings is 2. The van der Waals surface area contributed by atoms with E-state index in [1.165, 1.54) is 15.8 Å². The van der Waals surface area contributed by atoms with Crippen molar-refractivity contribution in [2.45, 2.75) is 50.3 Å². The van der Waals surface area contributed by atoms with E-state index in [2.05, 4.69) is 62.3 Å². The van der Waals surface area contributed by atoms with Crippen LogP contribution in [0.15, 0.2) is 46.8 Å². The molecule has 0 aliphatic heterocycles. The van der Waals surface area contributed by atoms with Crippen LogP contribution in [0.2, 0.25) is 0 Å². The molecule has 0 aliphatic rings. The first-order valence-electron chi connectivity index (χ1n) is 9.36. The summed E-state index contributed by atoms with van der Waals surface area (Å²) in [7, 11) is 0. The lowest BCUT2D eigenvalue weighted by Gasteiger charge is -2.20. The van der Waals surface area contributed by atoms with E-state index in [1.807, 2.05) is 18.2 Å². The fourth-order valence-corrected chi connectivity index (χ4v) is 5.12. The van der Waals surface area contributed by atoms with Crippen molar-refractivity contribution in [1.82, 2.24) is 4.98 Å². The largest absolute Gasteiger partial charge is 0.326 e. The van der Waals surface area contributed by atoms with Gasteiger partial charge >= 0.3 is 0 Å². The number of thioether (sulfide) groups is 1. The molecule has 142 valence electrons. The second kappa shape index (κ2) is 8.89. The SMILES string of the molecule is CC(C)c1cccc(C(C)C)c1NC(=O)CCSc1nc2ccccc2s1. The minimum Gasteiger partial charge on any atom is -0.326 e. The summed E-state index contributed by atoms with van der Waals surface area (Å²) in [4.78, 5) is 17.2. The zero-order chi connectivity index (χ0) is 19.4. The molecule has 3 nitrogen and oxygen atoms in total. The summed E-state index contributed by atoms with van der Waals surface area (Å²) in [5.41, 5.74) is 4.43. The van der Waals surface area contributed by atoms with Crippen LogP contribution in [0.3, 0.4) is 0 Å². The first-order valence-corrected chi connectivity index (χ1v) is 11.2. The monoisotopic (exact) mass is 398 g/mol. The van der Waals surface area contributed by atoms with Crippen LogP contribution in [0, 0.1) is 0 Å². The van der Waals surface area contributed by atoms with E-state index < -0.39 is 0 Å². The number of anilines is 1. The zero-order valence-corrected chi connectivity index (χ0v) is 17.9. The van der Waals surface area contributed by atoms with Crippen molar-refractivity contribution in [2.75, 3.05) is 11.1 Å². The minimum atomic E-state index is 0.0682. The van der Waals surface area contributed by atoms with Gasteiger partial charge in [-0.15, -0.1) is 11.3 Å². The molecular weight excluding hydrogens is 372 g/mol. The highest BCUT2D eigenvalue weighted by Crippen LogP contribution is 2.33. The van der Waals surface area contributed by atoms with Crippen LogP contribution >= 0.6 is 23.1 Å². The number of carbonyl (C=O) groups is 1. The Balaban J connectivity index is 1.64. The maximum Gasteiger partial charge on any atom is 0.225 e. The van der Waals surface area contributed by atoms with Crippen LogP contribution in [-0.2, 0) is 4.79 Å². The van der Waals surface area contributed by atoms with E-state index in [1.54, 1.807) is 23.1 Å². The van der Waals surface area contributed by atoms with Crippen molar-refractivity contribution in [3.63, 3.8) is 0 Å². The van der Waals surface area contributed by atoms with Crippen LogP contribution in [0.1, 0.15) is 57.1 Å². The molecule has 0 unspecified atom stereocenters. The average molecular weight is 399 g/mol. The van der Waals surface area contributed by atoms with E-state index >= 15 is 0 Å². The van der Waals surface area contributed by atoms with Crippen molar-refractivity contribution < 1.29 is 4.79 Å². The van der Waals surface area contributed by atoms with Gasteiger partial charge in [0.1, 0.15) is 0 Å². The number of fused-ring (bicyclic) bond motifs is 1. The van der Waals surface area contributed by atoms with Gasteiger partial charge in [0.15, 0.2) is 4.34 Å². The summed E-state index contributed by atoms with van der Waals surface area (Å²) in [6.07, 6.45) is 0.477. The summed E-state index contributed by atoms with van der Waals surface area (Å²) in [5, 5.41) is 3.19. The molecular formula is C22H26N2OS2. The Labute approximate surface area is 169 Å². The van der Waals surface area contributed by atoms with Gasteiger partial charge in [-0.25, -0.2) is 4.98 Å². The second-order valence-corrected chi connectivity index (χ2v) is 9.59. The predicted molar refractivity (Wildman–Crippen MR) is 118 cm³/mol. The maximum atomic E-state index is 12.6. The topological polar surface area (TPSA) is 42.0 Å². The van der Waals surface area contributed by atoms with Crippen molar-refractivity contribution in [3.05, 3.63) is 53.6 Å². The normalized spacial score (nSPS) is 11.5. The molecule has 0 fully saturated rings. The number of rotatable bonds is 7. The first-order chi connectivity index (χ1) is 13.0. The number of thiazole rings is 1. The van der Waals surface area contributed by atoms with E-state index in [9.17, 15) is 4.79 Å². The fraction of sp³-hybridized carbons (Fsp3) is 0.364. The number of nitrogens with zero attached hydrogens (tertiary/aromatic N) is 1. The number of aromatic nitrogens is 1. The molecule has 3 rings (SSSR count). The molecule has 5 heteroatoms. The first kappa shape index (κ1) is 19.9. The van der Waals surface area contributed by atoms with Crippen molar-refractivity contribution in [1.29, 1.82) is 0 Å². The lowest BCUT2D eigenvalue weighted by Crippen LogP contribution is -2.16. The smallest absolute Gasteiger partial charge is 0.225 e. The van der Waals surface area contributed by atoms with Crippen molar-refractivity contribution >= 4 is 44.9 Å². The molecule has 0 radical (unpaired) electrons. The molecule has 1 heterocycles. The third-order valence-electron chi connectivity index (χ3n) is 4.47. The fourth-order valence-electron chi connectivity index (χ4n) is 3.04. The number of amides is 1. The Bertz CT molecular complexity index is 872.